The maximum atomic E-state index is 5.81. The van der Waals surface area contributed by atoms with E-state index in [1.165, 1.54) is 38.5 Å². The topological polar surface area (TPSA) is 12.0 Å². The van der Waals surface area contributed by atoms with Crippen LogP contribution in [0, 0.1) is 35.0 Å². The minimum atomic E-state index is 0.317. The first kappa shape index (κ1) is 11.6. The fourth-order valence-corrected chi connectivity index (χ4v) is 5.79. The Labute approximate surface area is 106 Å². The third kappa shape index (κ3) is 1.73. The fourth-order valence-electron chi connectivity index (χ4n) is 5.79. The highest BCUT2D eigenvalue weighted by Gasteiger charge is 2.57. The molecule has 0 saturated heterocycles. The molecule has 1 heteroatoms. The molecule has 4 bridgehead atoms. The number of nitrogens with one attached hydrogen (secondary N) is 1. The molecule has 0 aromatic carbocycles. The van der Waals surface area contributed by atoms with Gasteiger partial charge in [-0.1, -0.05) is 19.8 Å². The molecule has 0 aromatic heterocycles. The summed E-state index contributed by atoms with van der Waals surface area (Å²) in [4.78, 5) is 0. The Morgan fingerprint density at radius 1 is 1.29 bits per heavy atom. The van der Waals surface area contributed by atoms with Gasteiger partial charge in [-0.3, -0.25) is 0 Å². The summed E-state index contributed by atoms with van der Waals surface area (Å²) in [5.41, 5.74) is 1.04. The van der Waals surface area contributed by atoms with Gasteiger partial charge in [-0.2, -0.15) is 0 Å². The number of hydrogen-bond acceptors (Lipinski definition) is 1. The molecule has 0 amide bonds. The SMILES string of the molecule is C#CC(NCC)C12CC3CC(CC(C)(C3)C1)C2. The van der Waals surface area contributed by atoms with E-state index < -0.39 is 0 Å². The van der Waals surface area contributed by atoms with E-state index in [0.29, 0.717) is 16.9 Å². The van der Waals surface area contributed by atoms with Crippen molar-refractivity contribution in [3.8, 4) is 12.3 Å². The molecular weight excluding hydrogens is 206 g/mol. The van der Waals surface area contributed by atoms with Gasteiger partial charge in [0.1, 0.15) is 0 Å². The van der Waals surface area contributed by atoms with Crippen LogP contribution in [0.4, 0.5) is 0 Å². The molecule has 0 radical (unpaired) electrons. The normalized spacial score (nSPS) is 49.0. The van der Waals surface area contributed by atoms with Gasteiger partial charge >= 0.3 is 0 Å². The first-order chi connectivity index (χ1) is 8.09. The van der Waals surface area contributed by atoms with Gasteiger partial charge in [-0.05, 0) is 67.7 Å². The predicted octanol–water partition coefficient (Wildman–Crippen LogP) is 3.20. The lowest BCUT2D eigenvalue weighted by Crippen LogP contribution is -2.58. The van der Waals surface area contributed by atoms with Crippen molar-refractivity contribution in [3.05, 3.63) is 0 Å². The lowest BCUT2D eigenvalue weighted by molar-refractivity contribution is -0.109. The highest BCUT2D eigenvalue weighted by Crippen LogP contribution is 2.66. The number of terminal acetylenes is 1. The van der Waals surface area contributed by atoms with E-state index in [-0.39, 0.29) is 0 Å². The summed E-state index contributed by atoms with van der Waals surface area (Å²) in [5.74, 6) is 5.00. The number of hydrogen-bond donors (Lipinski definition) is 1. The lowest BCUT2D eigenvalue weighted by Gasteiger charge is -2.62. The van der Waals surface area contributed by atoms with Crippen molar-refractivity contribution in [2.75, 3.05) is 6.54 Å². The van der Waals surface area contributed by atoms with Gasteiger partial charge in [0.2, 0.25) is 0 Å². The van der Waals surface area contributed by atoms with Crippen molar-refractivity contribution in [1.82, 2.24) is 5.32 Å². The van der Waals surface area contributed by atoms with Crippen molar-refractivity contribution in [1.29, 1.82) is 0 Å². The average Bonchev–Trinajstić information content (AvgIpc) is 2.22. The van der Waals surface area contributed by atoms with Gasteiger partial charge in [-0.25, -0.2) is 0 Å². The molecule has 3 unspecified atom stereocenters. The van der Waals surface area contributed by atoms with Crippen LogP contribution in [0.5, 0.6) is 0 Å². The van der Waals surface area contributed by atoms with Crippen molar-refractivity contribution < 1.29 is 0 Å². The zero-order chi connectivity index (χ0) is 12.1. The summed E-state index contributed by atoms with van der Waals surface area (Å²) >= 11 is 0. The van der Waals surface area contributed by atoms with Crippen LogP contribution >= 0.6 is 0 Å². The van der Waals surface area contributed by atoms with Crippen LogP contribution in [-0.2, 0) is 0 Å². The lowest BCUT2D eigenvalue weighted by atomic mass is 9.43. The van der Waals surface area contributed by atoms with Crippen molar-refractivity contribution in [2.24, 2.45) is 22.7 Å². The van der Waals surface area contributed by atoms with Crippen molar-refractivity contribution >= 4 is 0 Å². The minimum Gasteiger partial charge on any atom is -0.304 e. The van der Waals surface area contributed by atoms with Crippen LogP contribution in [0.2, 0.25) is 0 Å². The van der Waals surface area contributed by atoms with Crippen LogP contribution in [0.1, 0.15) is 52.4 Å². The number of rotatable bonds is 3. The van der Waals surface area contributed by atoms with E-state index in [0.717, 1.165) is 18.4 Å². The van der Waals surface area contributed by atoms with E-state index in [4.69, 9.17) is 6.42 Å². The Morgan fingerprint density at radius 2 is 1.94 bits per heavy atom. The van der Waals surface area contributed by atoms with Crippen molar-refractivity contribution in [3.63, 3.8) is 0 Å². The Balaban J connectivity index is 1.90. The van der Waals surface area contributed by atoms with Gasteiger partial charge in [-0.15, -0.1) is 6.42 Å². The van der Waals surface area contributed by atoms with Gasteiger partial charge < -0.3 is 5.32 Å². The maximum absolute atomic E-state index is 5.81. The molecule has 4 rings (SSSR count). The summed E-state index contributed by atoms with van der Waals surface area (Å²) in [5, 5.41) is 3.57. The van der Waals surface area contributed by atoms with E-state index >= 15 is 0 Å². The Kier molecular flexibility index (Phi) is 2.56. The van der Waals surface area contributed by atoms with Crippen LogP contribution in [-0.4, -0.2) is 12.6 Å². The van der Waals surface area contributed by atoms with E-state index in [9.17, 15) is 0 Å². The molecule has 4 aliphatic rings. The largest absolute Gasteiger partial charge is 0.304 e. The standard InChI is InChI=1S/C16H25N/c1-4-14(17-5-2)16-9-12-6-13(10-16)8-15(3,7-12)11-16/h1,12-14,17H,5-11H2,2-3H3. The molecule has 0 aromatic rings. The Hall–Kier alpha value is -0.480. The molecule has 4 fully saturated rings. The fraction of sp³-hybridized carbons (Fsp3) is 0.875. The summed E-state index contributed by atoms with van der Waals surface area (Å²) < 4.78 is 0. The monoisotopic (exact) mass is 231 g/mol. The smallest absolute Gasteiger partial charge is 0.0744 e. The summed E-state index contributed by atoms with van der Waals surface area (Å²) in [6.45, 7) is 5.69. The first-order valence-corrected chi connectivity index (χ1v) is 7.29. The van der Waals surface area contributed by atoms with Gasteiger partial charge in [0, 0.05) is 0 Å². The first-order valence-electron chi connectivity index (χ1n) is 7.29. The summed E-state index contributed by atoms with van der Waals surface area (Å²) in [6.07, 6.45) is 14.4. The second-order valence-electron chi connectivity index (χ2n) is 7.29. The molecule has 0 spiro atoms. The molecule has 4 aliphatic carbocycles. The van der Waals surface area contributed by atoms with Crippen LogP contribution < -0.4 is 5.32 Å². The second-order valence-corrected chi connectivity index (χ2v) is 7.29. The molecule has 0 heterocycles. The zero-order valence-corrected chi connectivity index (χ0v) is 11.3. The second kappa shape index (κ2) is 3.75. The summed E-state index contributed by atoms with van der Waals surface area (Å²) in [6, 6.07) is 0.317. The van der Waals surface area contributed by atoms with Crippen LogP contribution in [0.15, 0.2) is 0 Å². The van der Waals surface area contributed by atoms with Gasteiger partial charge in [0.15, 0.2) is 0 Å². The van der Waals surface area contributed by atoms with E-state index in [1.807, 2.05) is 0 Å². The molecule has 3 atom stereocenters. The highest BCUT2D eigenvalue weighted by molar-refractivity contribution is 5.17. The quantitative estimate of drug-likeness (QED) is 0.736. The van der Waals surface area contributed by atoms with Gasteiger partial charge in [0.05, 0.1) is 6.04 Å². The Bertz CT molecular complexity index is 337. The van der Waals surface area contributed by atoms with Crippen LogP contribution in [0.25, 0.3) is 0 Å². The molecule has 4 saturated carbocycles. The highest BCUT2D eigenvalue weighted by atomic mass is 14.9. The van der Waals surface area contributed by atoms with E-state index in [2.05, 4.69) is 25.1 Å². The van der Waals surface area contributed by atoms with Crippen molar-refractivity contribution in [2.45, 2.75) is 58.4 Å². The molecular formula is C16H25N. The molecule has 1 nitrogen and oxygen atoms in total. The predicted molar refractivity (Wildman–Crippen MR) is 71.5 cm³/mol. The Morgan fingerprint density at radius 3 is 2.41 bits per heavy atom. The zero-order valence-electron chi connectivity index (χ0n) is 11.3. The van der Waals surface area contributed by atoms with E-state index in [1.54, 1.807) is 0 Å². The minimum absolute atomic E-state index is 0.317. The van der Waals surface area contributed by atoms with Crippen LogP contribution in [0.3, 0.4) is 0 Å². The molecule has 94 valence electrons. The third-order valence-corrected chi connectivity index (χ3v) is 5.59. The summed E-state index contributed by atoms with van der Waals surface area (Å²) in [7, 11) is 0. The molecule has 17 heavy (non-hydrogen) atoms. The average molecular weight is 231 g/mol. The van der Waals surface area contributed by atoms with Gasteiger partial charge in [0.25, 0.3) is 0 Å². The molecule has 1 N–H and O–H groups in total. The third-order valence-electron chi connectivity index (χ3n) is 5.59. The maximum Gasteiger partial charge on any atom is 0.0744 e. The molecule has 0 aliphatic heterocycles.